The van der Waals surface area contributed by atoms with E-state index in [4.69, 9.17) is 10.00 Å². The molecule has 0 saturated heterocycles. The van der Waals surface area contributed by atoms with Crippen molar-refractivity contribution in [3.8, 4) is 6.07 Å². The normalized spacial score (nSPS) is 11.5. The number of nitriles is 1. The summed E-state index contributed by atoms with van der Waals surface area (Å²) in [4.78, 5) is 22.7. The second kappa shape index (κ2) is 4.97. The van der Waals surface area contributed by atoms with Crippen molar-refractivity contribution in [3.63, 3.8) is 0 Å². The first-order valence-corrected chi connectivity index (χ1v) is 5.00. The van der Waals surface area contributed by atoms with E-state index in [-0.39, 0.29) is 6.54 Å². The third-order valence-electron chi connectivity index (χ3n) is 1.66. The molecule has 0 aliphatic carbocycles. The summed E-state index contributed by atoms with van der Waals surface area (Å²) in [5.74, 6) is -1.00. The minimum Gasteiger partial charge on any atom is -0.459 e. The van der Waals surface area contributed by atoms with Gasteiger partial charge in [0.2, 0.25) is 5.91 Å². The number of carbonyl (C=O) groups is 2. The number of nitrogens with zero attached hydrogens (tertiary/aromatic N) is 1. The second-order valence-corrected chi connectivity index (χ2v) is 5.01. The molecule has 0 radical (unpaired) electrons. The van der Waals surface area contributed by atoms with Crippen molar-refractivity contribution in [2.24, 2.45) is 5.41 Å². The number of amides is 1. The summed E-state index contributed by atoms with van der Waals surface area (Å²) in [6.07, 6.45) is 0. The van der Waals surface area contributed by atoms with Gasteiger partial charge < -0.3 is 10.1 Å². The van der Waals surface area contributed by atoms with E-state index in [0.717, 1.165) is 0 Å². The summed E-state index contributed by atoms with van der Waals surface area (Å²) >= 11 is 0. The van der Waals surface area contributed by atoms with Crippen LogP contribution in [0.4, 0.5) is 0 Å². The largest absolute Gasteiger partial charge is 0.459 e. The van der Waals surface area contributed by atoms with Gasteiger partial charge in [0.15, 0.2) is 0 Å². The molecule has 0 unspecified atom stereocenters. The van der Waals surface area contributed by atoms with Crippen molar-refractivity contribution in [3.05, 3.63) is 0 Å². The molecule has 0 fully saturated rings. The Kier molecular flexibility index (Phi) is 4.48. The zero-order chi connectivity index (χ0) is 13.0. The first-order chi connectivity index (χ1) is 7.08. The van der Waals surface area contributed by atoms with Crippen LogP contribution in [0.15, 0.2) is 0 Å². The Morgan fingerprint density at radius 2 is 1.75 bits per heavy atom. The van der Waals surface area contributed by atoms with Gasteiger partial charge >= 0.3 is 5.97 Å². The Hall–Kier alpha value is -1.57. The zero-order valence-corrected chi connectivity index (χ0v) is 10.4. The van der Waals surface area contributed by atoms with Crippen LogP contribution in [0.5, 0.6) is 0 Å². The number of carbonyl (C=O) groups excluding carboxylic acids is 2. The molecule has 0 heterocycles. The molecular formula is C11H18N2O3. The third-order valence-corrected chi connectivity index (χ3v) is 1.66. The Labute approximate surface area is 95.8 Å². The smallest absolute Gasteiger partial charge is 0.325 e. The highest BCUT2D eigenvalue weighted by Crippen LogP contribution is 2.12. The number of ether oxygens (including phenoxy) is 1. The third kappa shape index (κ3) is 5.35. The molecule has 5 heteroatoms. The van der Waals surface area contributed by atoms with E-state index in [1.807, 2.05) is 6.07 Å². The van der Waals surface area contributed by atoms with Crippen LogP contribution in [-0.2, 0) is 14.3 Å². The lowest BCUT2D eigenvalue weighted by atomic mass is 9.95. The molecular weight excluding hydrogens is 208 g/mol. The molecule has 0 aromatic rings. The highest BCUT2D eigenvalue weighted by Gasteiger charge is 2.27. The molecule has 16 heavy (non-hydrogen) atoms. The fraction of sp³-hybridized carbons (Fsp3) is 0.727. The molecule has 90 valence electrons. The van der Waals surface area contributed by atoms with Crippen LogP contribution in [0.25, 0.3) is 0 Å². The van der Waals surface area contributed by atoms with Gasteiger partial charge in [-0.1, -0.05) is 0 Å². The van der Waals surface area contributed by atoms with Crippen LogP contribution >= 0.6 is 0 Å². The van der Waals surface area contributed by atoms with Gasteiger partial charge in [-0.2, -0.15) is 5.26 Å². The fourth-order valence-electron chi connectivity index (χ4n) is 0.802. The Bertz CT molecular complexity index is 321. The number of esters is 1. The first-order valence-electron chi connectivity index (χ1n) is 5.00. The topological polar surface area (TPSA) is 79.2 Å². The van der Waals surface area contributed by atoms with Gasteiger partial charge in [0.1, 0.15) is 17.6 Å². The molecule has 0 spiro atoms. The summed E-state index contributed by atoms with van der Waals surface area (Å²) < 4.78 is 5.00. The van der Waals surface area contributed by atoms with Crippen LogP contribution in [-0.4, -0.2) is 24.0 Å². The predicted octanol–water partition coefficient (Wildman–Crippen LogP) is 0.994. The van der Waals surface area contributed by atoms with Crippen LogP contribution in [0, 0.1) is 16.7 Å². The minimum atomic E-state index is -1.14. The highest BCUT2D eigenvalue weighted by molar-refractivity contribution is 5.87. The fourth-order valence-corrected chi connectivity index (χ4v) is 0.802. The SMILES string of the molecule is CC(C)(C)OC(=O)CNC(=O)C(C)(C)C#N. The van der Waals surface area contributed by atoms with Crippen molar-refractivity contribution in [2.75, 3.05) is 6.54 Å². The summed E-state index contributed by atoms with van der Waals surface area (Å²) in [5, 5.41) is 11.0. The molecule has 0 saturated carbocycles. The van der Waals surface area contributed by atoms with E-state index in [2.05, 4.69) is 5.32 Å². The Morgan fingerprint density at radius 3 is 2.12 bits per heavy atom. The number of nitrogens with one attached hydrogen (secondary N) is 1. The first kappa shape index (κ1) is 14.4. The van der Waals surface area contributed by atoms with Crippen molar-refractivity contribution in [1.29, 1.82) is 5.26 Å². The maximum atomic E-state index is 11.4. The second-order valence-electron chi connectivity index (χ2n) is 5.01. The van der Waals surface area contributed by atoms with Gasteiger partial charge in [-0.25, -0.2) is 0 Å². The standard InChI is InChI=1S/C11H18N2O3/c1-10(2,3)16-8(14)6-13-9(15)11(4,5)7-12/h6H2,1-5H3,(H,13,15). The molecule has 0 aliphatic rings. The number of hydrogen-bond acceptors (Lipinski definition) is 4. The maximum absolute atomic E-state index is 11.4. The molecule has 0 aromatic carbocycles. The zero-order valence-electron chi connectivity index (χ0n) is 10.4. The monoisotopic (exact) mass is 226 g/mol. The molecule has 0 atom stereocenters. The van der Waals surface area contributed by atoms with Crippen molar-refractivity contribution in [1.82, 2.24) is 5.32 Å². The van der Waals surface area contributed by atoms with Crippen molar-refractivity contribution in [2.45, 2.75) is 40.2 Å². The highest BCUT2D eigenvalue weighted by atomic mass is 16.6. The van der Waals surface area contributed by atoms with E-state index >= 15 is 0 Å². The van der Waals surface area contributed by atoms with Crippen LogP contribution < -0.4 is 5.32 Å². The van der Waals surface area contributed by atoms with E-state index in [9.17, 15) is 9.59 Å². The summed E-state index contributed by atoms with van der Waals surface area (Å²) in [7, 11) is 0. The summed E-state index contributed by atoms with van der Waals surface area (Å²) in [6, 6.07) is 1.85. The van der Waals surface area contributed by atoms with Crippen molar-refractivity contribution < 1.29 is 14.3 Å². The lowest BCUT2D eigenvalue weighted by molar-refractivity contribution is -0.154. The van der Waals surface area contributed by atoms with Gasteiger partial charge in [0.25, 0.3) is 0 Å². The number of hydrogen-bond donors (Lipinski definition) is 1. The number of rotatable bonds is 3. The van der Waals surface area contributed by atoms with E-state index in [1.165, 1.54) is 13.8 Å². The molecule has 5 nitrogen and oxygen atoms in total. The molecule has 0 aliphatic heterocycles. The van der Waals surface area contributed by atoms with Crippen LogP contribution in [0.1, 0.15) is 34.6 Å². The van der Waals surface area contributed by atoms with Crippen molar-refractivity contribution >= 4 is 11.9 Å². The molecule has 0 bridgehead atoms. The predicted molar refractivity (Wildman–Crippen MR) is 58.2 cm³/mol. The minimum absolute atomic E-state index is 0.221. The lowest BCUT2D eigenvalue weighted by Crippen LogP contribution is -2.40. The lowest BCUT2D eigenvalue weighted by Gasteiger charge is -2.20. The maximum Gasteiger partial charge on any atom is 0.325 e. The molecule has 0 aromatic heterocycles. The molecule has 1 amide bonds. The Morgan fingerprint density at radius 1 is 1.25 bits per heavy atom. The van der Waals surface area contributed by atoms with E-state index < -0.39 is 22.9 Å². The quantitative estimate of drug-likeness (QED) is 0.728. The molecule has 0 rings (SSSR count). The van der Waals surface area contributed by atoms with Crippen LogP contribution in [0.3, 0.4) is 0 Å². The molecule has 1 N–H and O–H groups in total. The van der Waals surface area contributed by atoms with Gasteiger partial charge in [0.05, 0.1) is 6.07 Å². The average Bonchev–Trinajstić information content (AvgIpc) is 2.11. The average molecular weight is 226 g/mol. The van der Waals surface area contributed by atoms with Gasteiger partial charge in [-0.3, -0.25) is 9.59 Å². The van der Waals surface area contributed by atoms with Crippen LogP contribution in [0.2, 0.25) is 0 Å². The van der Waals surface area contributed by atoms with E-state index in [0.29, 0.717) is 0 Å². The van der Waals surface area contributed by atoms with E-state index in [1.54, 1.807) is 20.8 Å². The Balaban J connectivity index is 4.14. The van der Waals surface area contributed by atoms with Gasteiger partial charge in [-0.15, -0.1) is 0 Å². The summed E-state index contributed by atoms with van der Waals surface area (Å²) in [5.41, 5.74) is -1.71. The summed E-state index contributed by atoms with van der Waals surface area (Å²) in [6.45, 7) is 7.97. The van der Waals surface area contributed by atoms with Gasteiger partial charge in [0, 0.05) is 0 Å². The van der Waals surface area contributed by atoms with Gasteiger partial charge in [-0.05, 0) is 34.6 Å².